The number of hydrogen-bond acceptors (Lipinski definition) is 0. The molecule has 1 aromatic heterocycles. The molecule has 1 aromatic rings. The van der Waals surface area contributed by atoms with Crippen molar-refractivity contribution in [1.29, 1.82) is 0 Å². The first-order chi connectivity index (χ1) is 3.43. The van der Waals surface area contributed by atoms with E-state index in [9.17, 15) is 0 Å². The Hall–Kier alpha value is -0.720. The second-order valence-electron chi connectivity index (χ2n) is 1.42. The van der Waals surface area contributed by atoms with Crippen LogP contribution < -0.4 is 0 Å². The predicted octanol–water partition coefficient (Wildman–Crippen LogP) is 1.31. The molecule has 1 heteroatoms. The first-order valence-corrected chi connectivity index (χ1v) is 2.46. The Balaban J connectivity index is 2.76. The van der Waals surface area contributed by atoms with Crippen LogP contribution >= 0.6 is 0 Å². The zero-order valence-electron chi connectivity index (χ0n) is 4.39. The second-order valence-corrected chi connectivity index (χ2v) is 1.42. The maximum Gasteiger partial charge on any atom is 0.0647 e. The summed E-state index contributed by atoms with van der Waals surface area (Å²) in [6, 6.07) is 3.88. The van der Waals surface area contributed by atoms with E-state index in [1.807, 2.05) is 22.9 Å². The van der Waals surface area contributed by atoms with Gasteiger partial charge < -0.3 is 4.57 Å². The standard InChI is InChI=1S/C6H8N/c1-2-7-5-3-4-6-7/h3-5H,2H2,1H3. The quantitative estimate of drug-likeness (QED) is 0.494. The van der Waals surface area contributed by atoms with Crippen LogP contribution in [0.1, 0.15) is 6.92 Å². The number of aromatic nitrogens is 1. The van der Waals surface area contributed by atoms with Crippen LogP contribution in [0.25, 0.3) is 0 Å². The lowest BCUT2D eigenvalue weighted by Crippen LogP contribution is -1.86. The fraction of sp³-hybridized carbons (Fsp3) is 0.333. The van der Waals surface area contributed by atoms with Gasteiger partial charge in [-0.2, -0.15) is 0 Å². The molecule has 0 bridgehead atoms. The molecule has 0 saturated heterocycles. The summed E-state index contributed by atoms with van der Waals surface area (Å²) in [5, 5.41) is 0. The monoisotopic (exact) mass is 94.1 g/mol. The van der Waals surface area contributed by atoms with Gasteiger partial charge in [0.1, 0.15) is 0 Å². The Labute approximate surface area is 43.6 Å². The van der Waals surface area contributed by atoms with Crippen LogP contribution in [0, 0.1) is 6.20 Å². The van der Waals surface area contributed by atoms with E-state index in [1.54, 1.807) is 0 Å². The molecule has 37 valence electrons. The van der Waals surface area contributed by atoms with Crippen molar-refractivity contribution in [2.75, 3.05) is 0 Å². The molecule has 1 nitrogen and oxygen atoms in total. The highest BCUT2D eigenvalue weighted by Gasteiger charge is 1.77. The Morgan fingerprint density at radius 1 is 1.71 bits per heavy atom. The topological polar surface area (TPSA) is 4.93 Å². The molecule has 0 N–H and O–H groups in total. The minimum Gasteiger partial charge on any atom is -0.347 e. The summed E-state index contributed by atoms with van der Waals surface area (Å²) in [6.07, 6.45) is 5.00. The number of rotatable bonds is 1. The summed E-state index contributed by atoms with van der Waals surface area (Å²) < 4.78 is 2.00. The van der Waals surface area contributed by atoms with Gasteiger partial charge in [0.2, 0.25) is 0 Å². The number of nitrogens with zero attached hydrogens (tertiary/aromatic N) is 1. The normalized spacial score (nSPS) is 9.29. The van der Waals surface area contributed by atoms with Gasteiger partial charge in [-0.25, -0.2) is 0 Å². The Morgan fingerprint density at radius 3 is 2.86 bits per heavy atom. The van der Waals surface area contributed by atoms with Gasteiger partial charge in [-0.3, -0.25) is 0 Å². The van der Waals surface area contributed by atoms with E-state index in [2.05, 4.69) is 13.1 Å². The van der Waals surface area contributed by atoms with Gasteiger partial charge in [-0.05, 0) is 19.1 Å². The molecule has 0 aliphatic carbocycles. The summed E-state index contributed by atoms with van der Waals surface area (Å²) >= 11 is 0. The highest BCUT2D eigenvalue weighted by Crippen LogP contribution is 1.85. The van der Waals surface area contributed by atoms with Crippen molar-refractivity contribution in [3.05, 3.63) is 24.5 Å². The fourth-order valence-corrected chi connectivity index (χ4v) is 0.525. The van der Waals surface area contributed by atoms with Crippen LogP contribution in [0.2, 0.25) is 0 Å². The smallest absolute Gasteiger partial charge is 0.0647 e. The molecule has 0 fully saturated rings. The van der Waals surface area contributed by atoms with E-state index >= 15 is 0 Å². The predicted molar refractivity (Wildman–Crippen MR) is 28.9 cm³/mol. The van der Waals surface area contributed by atoms with Crippen molar-refractivity contribution in [3.8, 4) is 0 Å². The average Bonchev–Trinajstić information content (AvgIpc) is 2.14. The van der Waals surface area contributed by atoms with Gasteiger partial charge >= 0.3 is 0 Å². The maximum absolute atomic E-state index is 3.00. The molecular formula is C6H8N. The van der Waals surface area contributed by atoms with Crippen LogP contribution in [-0.4, -0.2) is 4.57 Å². The molecule has 1 rings (SSSR count). The van der Waals surface area contributed by atoms with Crippen molar-refractivity contribution in [2.45, 2.75) is 13.5 Å². The molecule has 0 aliphatic rings. The molecule has 7 heavy (non-hydrogen) atoms. The summed E-state index contributed by atoms with van der Waals surface area (Å²) in [5.74, 6) is 0. The van der Waals surface area contributed by atoms with Gasteiger partial charge in [0.25, 0.3) is 0 Å². The summed E-state index contributed by atoms with van der Waals surface area (Å²) in [7, 11) is 0. The third kappa shape index (κ3) is 0.829. The lowest BCUT2D eigenvalue weighted by Gasteiger charge is -1.88. The van der Waals surface area contributed by atoms with Gasteiger partial charge in [-0.1, -0.05) is 0 Å². The summed E-state index contributed by atoms with van der Waals surface area (Å²) in [4.78, 5) is 0. The van der Waals surface area contributed by atoms with Crippen LogP contribution in [0.4, 0.5) is 0 Å². The van der Waals surface area contributed by atoms with E-state index in [4.69, 9.17) is 0 Å². The van der Waals surface area contributed by atoms with Crippen molar-refractivity contribution >= 4 is 0 Å². The lowest BCUT2D eigenvalue weighted by molar-refractivity contribution is 0.763. The van der Waals surface area contributed by atoms with Crippen LogP contribution in [0.15, 0.2) is 18.3 Å². The molecule has 1 radical (unpaired) electrons. The largest absolute Gasteiger partial charge is 0.347 e. The minimum absolute atomic E-state index is 1.02. The van der Waals surface area contributed by atoms with Gasteiger partial charge in [0, 0.05) is 12.7 Å². The average molecular weight is 94.1 g/mol. The lowest BCUT2D eigenvalue weighted by atomic mass is 10.7. The van der Waals surface area contributed by atoms with Crippen LogP contribution in [-0.2, 0) is 6.54 Å². The zero-order chi connectivity index (χ0) is 5.11. The molecular weight excluding hydrogens is 86.1 g/mol. The van der Waals surface area contributed by atoms with Crippen molar-refractivity contribution in [2.24, 2.45) is 0 Å². The SMILES string of the molecule is CCn1[c]ccc1. The fourth-order valence-electron chi connectivity index (χ4n) is 0.525. The molecule has 0 unspecified atom stereocenters. The van der Waals surface area contributed by atoms with Gasteiger partial charge in [0.15, 0.2) is 0 Å². The van der Waals surface area contributed by atoms with E-state index in [1.165, 1.54) is 0 Å². The third-order valence-corrected chi connectivity index (χ3v) is 0.943. The van der Waals surface area contributed by atoms with E-state index in [-0.39, 0.29) is 0 Å². The number of hydrogen-bond donors (Lipinski definition) is 0. The molecule has 0 aliphatic heterocycles. The molecule has 1 heterocycles. The molecule has 0 amide bonds. The van der Waals surface area contributed by atoms with Crippen molar-refractivity contribution in [1.82, 2.24) is 4.57 Å². The highest BCUT2D eigenvalue weighted by molar-refractivity contribution is 4.87. The maximum atomic E-state index is 3.00. The zero-order valence-corrected chi connectivity index (χ0v) is 4.39. The van der Waals surface area contributed by atoms with Crippen molar-refractivity contribution < 1.29 is 0 Å². The van der Waals surface area contributed by atoms with Gasteiger partial charge in [-0.15, -0.1) is 0 Å². The molecule has 0 saturated carbocycles. The summed E-state index contributed by atoms with van der Waals surface area (Å²) in [5.41, 5.74) is 0. The van der Waals surface area contributed by atoms with E-state index < -0.39 is 0 Å². The first-order valence-electron chi connectivity index (χ1n) is 2.46. The minimum atomic E-state index is 1.02. The third-order valence-electron chi connectivity index (χ3n) is 0.943. The molecule has 0 spiro atoms. The second kappa shape index (κ2) is 1.82. The first kappa shape index (κ1) is 4.44. The van der Waals surface area contributed by atoms with Crippen LogP contribution in [0.3, 0.4) is 0 Å². The van der Waals surface area contributed by atoms with E-state index in [0.717, 1.165) is 6.54 Å². The Kier molecular flexibility index (Phi) is 1.16. The van der Waals surface area contributed by atoms with Crippen LogP contribution in [0.5, 0.6) is 0 Å². The Morgan fingerprint density at radius 2 is 2.57 bits per heavy atom. The number of aryl methyl sites for hydroxylation is 1. The highest BCUT2D eigenvalue weighted by atomic mass is 14.9. The van der Waals surface area contributed by atoms with E-state index in [0.29, 0.717) is 0 Å². The molecule has 0 atom stereocenters. The molecule has 0 aromatic carbocycles. The Bertz CT molecular complexity index is 119. The summed E-state index contributed by atoms with van der Waals surface area (Å²) in [6.45, 7) is 3.11. The van der Waals surface area contributed by atoms with Crippen molar-refractivity contribution in [3.63, 3.8) is 0 Å². The van der Waals surface area contributed by atoms with Gasteiger partial charge in [0.05, 0.1) is 6.20 Å².